The van der Waals surface area contributed by atoms with E-state index in [0.717, 1.165) is 13.2 Å². The second kappa shape index (κ2) is 16.3. The predicted molar refractivity (Wildman–Crippen MR) is 97.2 cm³/mol. The lowest BCUT2D eigenvalue weighted by Gasteiger charge is -2.24. The average molecular weight is 326 g/mol. The summed E-state index contributed by atoms with van der Waals surface area (Å²) in [5.74, 6) is 1.25. The summed E-state index contributed by atoms with van der Waals surface area (Å²) in [5.41, 5.74) is 0. The molecule has 0 amide bonds. The van der Waals surface area contributed by atoms with E-state index >= 15 is 0 Å². The van der Waals surface area contributed by atoms with Crippen molar-refractivity contribution >= 4 is 0 Å². The molecule has 0 aromatic rings. The first-order chi connectivity index (χ1) is 11.2. The molecule has 0 aromatic carbocycles. The maximum absolute atomic E-state index is 8.85. The van der Waals surface area contributed by atoms with Crippen LogP contribution in [0.25, 0.3) is 0 Å². The molecule has 0 aliphatic carbocycles. The topological polar surface area (TPSA) is 42.2 Å². The van der Waals surface area contributed by atoms with E-state index < -0.39 is 0 Å². The first-order valence-electron chi connectivity index (χ1n) is 9.81. The van der Waals surface area contributed by atoms with Gasteiger partial charge in [0.05, 0.1) is 19.3 Å². The molecular weight excluding hydrogens is 286 g/mol. The molecule has 0 N–H and O–H groups in total. The highest BCUT2D eigenvalue weighted by Gasteiger charge is 2.16. The second-order valence-corrected chi connectivity index (χ2v) is 6.68. The highest BCUT2D eigenvalue weighted by atomic mass is 16.7. The quantitative estimate of drug-likeness (QED) is 0.323. The van der Waals surface area contributed by atoms with Crippen molar-refractivity contribution in [2.24, 2.45) is 11.8 Å². The van der Waals surface area contributed by atoms with Crippen LogP contribution in [-0.4, -0.2) is 19.5 Å². The standard InChI is InChI=1S/C20H39NO2/c1-5-10-18(11-6-2)16-22-20(14-9-15-21)23-17-19(12-7-3)13-8-4/h18-20H,5-14,16-17H2,1-4H3. The Morgan fingerprint density at radius 1 is 0.696 bits per heavy atom. The van der Waals surface area contributed by atoms with Gasteiger partial charge >= 0.3 is 0 Å². The van der Waals surface area contributed by atoms with Gasteiger partial charge in [-0.05, 0) is 37.5 Å². The van der Waals surface area contributed by atoms with Gasteiger partial charge in [0.1, 0.15) is 0 Å². The maximum atomic E-state index is 8.85. The summed E-state index contributed by atoms with van der Waals surface area (Å²) < 4.78 is 12.1. The van der Waals surface area contributed by atoms with E-state index in [1.165, 1.54) is 51.4 Å². The van der Waals surface area contributed by atoms with Gasteiger partial charge in [0, 0.05) is 12.8 Å². The van der Waals surface area contributed by atoms with Crippen molar-refractivity contribution in [3.05, 3.63) is 0 Å². The first-order valence-corrected chi connectivity index (χ1v) is 9.81. The first kappa shape index (κ1) is 22.4. The fourth-order valence-electron chi connectivity index (χ4n) is 3.14. The highest BCUT2D eigenvalue weighted by Crippen LogP contribution is 2.19. The normalized spacial score (nSPS) is 11.6. The Balaban J connectivity index is 4.34. The molecule has 0 saturated heterocycles. The Kier molecular flexibility index (Phi) is 15.9. The predicted octanol–water partition coefficient (Wildman–Crippen LogP) is 6.08. The van der Waals surface area contributed by atoms with Crippen LogP contribution in [-0.2, 0) is 9.47 Å². The molecule has 0 aromatic heterocycles. The Morgan fingerprint density at radius 2 is 1.09 bits per heavy atom. The molecule has 0 radical (unpaired) electrons. The lowest BCUT2D eigenvalue weighted by molar-refractivity contribution is -0.161. The fraction of sp³-hybridized carbons (Fsp3) is 0.950. The summed E-state index contributed by atoms with van der Waals surface area (Å²) >= 11 is 0. The lowest BCUT2D eigenvalue weighted by atomic mass is 9.99. The molecule has 0 spiro atoms. The van der Waals surface area contributed by atoms with Gasteiger partial charge in [-0.25, -0.2) is 0 Å². The van der Waals surface area contributed by atoms with Crippen LogP contribution >= 0.6 is 0 Å². The lowest BCUT2D eigenvalue weighted by Crippen LogP contribution is -2.24. The summed E-state index contributed by atoms with van der Waals surface area (Å²) in [7, 11) is 0. The third-order valence-electron chi connectivity index (χ3n) is 4.32. The van der Waals surface area contributed by atoms with Gasteiger partial charge in [-0.15, -0.1) is 0 Å². The molecule has 0 rings (SSSR count). The van der Waals surface area contributed by atoms with E-state index in [1.807, 2.05) is 0 Å². The molecule has 0 unspecified atom stereocenters. The molecule has 136 valence electrons. The molecular formula is C20H39NO2. The van der Waals surface area contributed by atoms with Crippen molar-refractivity contribution < 1.29 is 9.47 Å². The number of nitrogens with zero attached hydrogens (tertiary/aromatic N) is 1. The number of ether oxygens (including phenoxy) is 2. The molecule has 3 heteroatoms. The molecule has 3 nitrogen and oxygen atoms in total. The minimum Gasteiger partial charge on any atom is -0.352 e. The van der Waals surface area contributed by atoms with Crippen molar-refractivity contribution in [1.29, 1.82) is 5.26 Å². The van der Waals surface area contributed by atoms with Crippen molar-refractivity contribution in [2.75, 3.05) is 13.2 Å². The van der Waals surface area contributed by atoms with Gasteiger partial charge in [-0.2, -0.15) is 5.26 Å². The number of nitriles is 1. The molecule has 0 heterocycles. The van der Waals surface area contributed by atoms with Gasteiger partial charge in [0.15, 0.2) is 6.29 Å². The van der Waals surface area contributed by atoms with Crippen LogP contribution in [0.1, 0.15) is 91.9 Å². The monoisotopic (exact) mass is 325 g/mol. The zero-order chi connectivity index (χ0) is 17.3. The van der Waals surface area contributed by atoms with Crippen LogP contribution in [0.5, 0.6) is 0 Å². The minimum absolute atomic E-state index is 0.206. The second-order valence-electron chi connectivity index (χ2n) is 6.68. The van der Waals surface area contributed by atoms with E-state index in [4.69, 9.17) is 14.7 Å². The van der Waals surface area contributed by atoms with E-state index in [1.54, 1.807) is 0 Å². The highest BCUT2D eigenvalue weighted by molar-refractivity contribution is 4.70. The molecule has 0 saturated carbocycles. The fourth-order valence-corrected chi connectivity index (χ4v) is 3.14. The van der Waals surface area contributed by atoms with Gasteiger partial charge < -0.3 is 9.47 Å². The number of rotatable bonds is 16. The maximum Gasteiger partial charge on any atom is 0.158 e. The van der Waals surface area contributed by atoms with Crippen molar-refractivity contribution in [3.63, 3.8) is 0 Å². The molecule has 0 aliphatic rings. The van der Waals surface area contributed by atoms with Crippen LogP contribution in [0.2, 0.25) is 0 Å². The molecule has 23 heavy (non-hydrogen) atoms. The minimum atomic E-state index is -0.206. The SMILES string of the molecule is CCCC(CCC)COC(CCC#N)OCC(CCC)CCC. The summed E-state index contributed by atoms with van der Waals surface area (Å²) in [6.07, 6.45) is 10.6. The molecule has 0 bridgehead atoms. The van der Waals surface area contributed by atoms with Gasteiger partial charge in [0.25, 0.3) is 0 Å². The van der Waals surface area contributed by atoms with E-state index in [-0.39, 0.29) is 6.29 Å². The third-order valence-corrected chi connectivity index (χ3v) is 4.32. The van der Waals surface area contributed by atoms with Crippen LogP contribution in [0, 0.1) is 23.2 Å². The van der Waals surface area contributed by atoms with Crippen molar-refractivity contribution in [2.45, 2.75) is 98.2 Å². The Bertz CT molecular complexity index is 256. The third kappa shape index (κ3) is 12.5. The Hall–Kier alpha value is -0.590. The number of hydrogen-bond donors (Lipinski definition) is 0. The van der Waals surface area contributed by atoms with Crippen molar-refractivity contribution in [1.82, 2.24) is 0 Å². The summed E-state index contributed by atoms with van der Waals surface area (Å²) in [5, 5.41) is 8.85. The Morgan fingerprint density at radius 3 is 1.39 bits per heavy atom. The van der Waals surface area contributed by atoms with Crippen molar-refractivity contribution in [3.8, 4) is 6.07 Å². The van der Waals surface area contributed by atoms with Gasteiger partial charge in [0.2, 0.25) is 0 Å². The van der Waals surface area contributed by atoms with Crippen LogP contribution in [0.4, 0.5) is 0 Å². The van der Waals surface area contributed by atoms with Gasteiger partial charge in [-0.1, -0.05) is 53.4 Å². The van der Waals surface area contributed by atoms with Gasteiger partial charge in [-0.3, -0.25) is 0 Å². The largest absolute Gasteiger partial charge is 0.352 e. The van der Waals surface area contributed by atoms with Crippen LogP contribution in [0.15, 0.2) is 0 Å². The van der Waals surface area contributed by atoms with Crippen LogP contribution < -0.4 is 0 Å². The summed E-state index contributed by atoms with van der Waals surface area (Å²) in [6.45, 7) is 10.5. The summed E-state index contributed by atoms with van der Waals surface area (Å²) in [4.78, 5) is 0. The molecule has 0 fully saturated rings. The molecule has 0 aliphatic heterocycles. The van der Waals surface area contributed by atoms with E-state index in [9.17, 15) is 0 Å². The number of hydrogen-bond acceptors (Lipinski definition) is 3. The molecule has 0 atom stereocenters. The smallest absolute Gasteiger partial charge is 0.158 e. The zero-order valence-electron chi connectivity index (χ0n) is 16.0. The average Bonchev–Trinajstić information content (AvgIpc) is 2.54. The van der Waals surface area contributed by atoms with E-state index in [2.05, 4.69) is 33.8 Å². The zero-order valence-corrected chi connectivity index (χ0v) is 16.0. The van der Waals surface area contributed by atoms with E-state index in [0.29, 0.717) is 24.7 Å². The van der Waals surface area contributed by atoms with Crippen LogP contribution in [0.3, 0.4) is 0 Å². The summed E-state index contributed by atoms with van der Waals surface area (Å²) in [6, 6.07) is 2.21. The Labute approximate surface area is 144 Å².